The predicted molar refractivity (Wildman–Crippen MR) is 66.2 cm³/mol. The molecule has 0 spiro atoms. The molecule has 0 unspecified atom stereocenters. The number of halogens is 2. The SMILES string of the molecule is CCOC(=O)CC=Cc1ccc(CCl)c(F)c1. The summed E-state index contributed by atoms with van der Waals surface area (Å²) in [5.74, 6) is -0.474. The highest BCUT2D eigenvalue weighted by Crippen LogP contribution is 2.13. The van der Waals surface area contributed by atoms with Crippen LogP contribution in [0, 0.1) is 5.82 Å². The number of benzene rings is 1. The summed E-state index contributed by atoms with van der Waals surface area (Å²) in [5.41, 5.74) is 1.16. The van der Waals surface area contributed by atoms with Crippen molar-refractivity contribution in [3.8, 4) is 0 Å². The summed E-state index contributed by atoms with van der Waals surface area (Å²) in [7, 11) is 0. The van der Waals surface area contributed by atoms with Crippen LogP contribution in [0.5, 0.6) is 0 Å². The minimum Gasteiger partial charge on any atom is -0.466 e. The van der Waals surface area contributed by atoms with Crippen LogP contribution in [0.15, 0.2) is 24.3 Å². The van der Waals surface area contributed by atoms with Gasteiger partial charge in [0.15, 0.2) is 0 Å². The first kappa shape index (κ1) is 13.7. The van der Waals surface area contributed by atoms with Gasteiger partial charge in [0.25, 0.3) is 0 Å². The van der Waals surface area contributed by atoms with Crippen molar-refractivity contribution in [2.75, 3.05) is 6.61 Å². The molecule has 0 aliphatic rings. The Bertz CT molecular complexity index is 416. The fraction of sp³-hybridized carbons (Fsp3) is 0.308. The number of rotatable bonds is 5. The van der Waals surface area contributed by atoms with E-state index in [4.69, 9.17) is 16.3 Å². The topological polar surface area (TPSA) is 26.3 Å². The zero-order chi connectivity index (χ0) is 12.7. The van der Waals surface area contributed by atoms with E-state index in [9.17, 15) is 9.18 Å². The molecule has 2 nitrogen and oxygen atoms in total. The Morgan fingerprint density at radius 3 is 2.88 bits per heavy atom. The van der Waals surface area contributed by atoms with Gasteiger partial charge in [-0.15, -0.1) is 11.6 Å². The van der Waals surface area contributed by atoms with Crippen molar-refractivity contribution in [2.24, 2.45) is 0 Å². The van der Waals surface area contributed by atoms with Crippen molar-refractivity contribution >= 4 is 23.6 Å². The molecule has 0 atom stereocenters. The highest BCUT2D eigenvalue weighted by molar-refractivity contribution is 6.17. The van der Waals surface area contributed by atoms with Crippen LogP contribution >= 0.6 is 11.6 Å². The maximum atomic E-state index is 13.3. The fourth-order valence-electron chi connectivity index (χ4n) is 1.29. The van der Waals surface area contributed by atoms with E-state index in [0.29, 0.717) is 17.7 Å². The smallest absolute Gasteiger partial charge is 0.309 e. The molecule has 0 fully saturated rings. The Hall–Kier alpha value is -1.35. The van der Waals surface area contributed by atoms with Crippen LogP contribution in [0.3, 0.4) is 0 Å². The molecular weight excluding hydrogens is 243 g/mol. The quantitative estimate of drug-likeness (QED) is 0.595. The van der Waals surface area contributed by atoms with Crippen molar-refractivity contribution in [3.63, 3.8) is 0 Å². The van der Waals surface area contributed by atoms with Crippen LogP contribution in [-0.2, 0) is 15.4 Å². The minimum atomic E-state index is -0.335. The molecule has 0 aliphatic carbocycles. The summed E-state index contributed by atoms with van der Waals surface area (Å²) < 4.78 is 18.1. The third kappa shape index (κ3) is 4.57. The molecule has 0 amide bonds. The molecule has 0 N–H and O–H groups in total. The Morgan fingerprint density at radius 2 is 2.29 bits per heavy atom. The number of carbonyl (C=O) groups is 1. The second kappa shape index (κ2) is 7.07. The lowest BCUT2D eigenvalue weighted by Gasteiger charge is -2.00. The van der Waals surface area contributed by atoms with E-state index in [2.05, 4.69) is 0 Å². The van der Waals surface area contributed by atoms with Gasteiger partial charge in [0, 0.05) is 5.56 Å². The number of esters is 1. The van der Waals surface area contributed by atoms with Crippen LogP contribution in [0.4, 0.5) is 4.39 Å². The molecule has 1 aromatic rings. The van der Waals surface area contributed by atoms with Crippen molar-refractivity contribution < 1.29 is 13.9 Å². The van der Waals surface area contributed by atoms with Gasteiger partial charge < -0.3 is 4.74 Å². The average Bonchev–Trinajstić information content (AvgIpc) is 2.29. The highest BCUT2D eigenvalue weighted by Gasteiger charge is 2.01. The van der Waals surface area contributed by atoms with E-state index in [0.717, 1.165) is 0 Å². The maximum Gasteiger partial charge on any atom is 0.309 e. The Kier molecular flexibility index (Phi) is 5.70. The van der Waals surface area contributed by atoms with Gasteiger partial charge in [0.1, 0.15) is 5.82 Å². The third-order valence-corrected chi connectivity index (χ3v) is 2.41. The van der Waals surface area contributed by atoms with E-state index in [-0.39, 0.29) is 24.1 Å². The number of hydrogen-bond donors (Lipinski definition) is 0. The van der Waals surface area contributed by atoms with Crippen LogP contribution < -0.4 is 0 Å². The lowest BCUT2D eigenvalue weighted by molar-refractivity contribution is -0.142. The number of hydrogen-bond acceptors (Lipinski definition) is 2. The van der Waals surface area contributed by atoms with Gasteiger partial charge >= 0.3 is 5.97 Å². The largest absolute Gasteiger partial charge is 0.466 e. The minimum absolute atomic E-state index is 0.151. The molecule has 1 rings (SSSR count). The molecule has 0 heterocycles. The van der Waals surface area contributed by atoms with Crippen molar-refractivity contribution in [3.05, 3.63) is 41.2 Å². The van der Waals surface area contributed by atoms with Gasteiger partial charge in [-0.2, -0.15) is 0 Å². The number of alkyl halides is 1. The Morgan fingerprint density at radius 1 is 1.53 bits per heavy atom. The van der Waals surface area contributed by atoms with Crippen LogP contribution in [0.1, 0.15) is 24.5 Å². The molecule has 1 aromatic carbocycles. The highest BCUT2D eigenvalue weighted by atomic mass is 35.5. The van der Waals surface area contributed by atoms with Crippen molar-refractivity contribution in [2.45, 2.75) is 19.2 Å². The van der Waals surface area contributed by atoms with E-state index in [1.807, 2.05) is 0 Å². The van der Waals surface area contributed by atoms with Gasteiger partial charge in [-0.1, -0.05) is 24.3 Å². The predicted octanol–water partition coefficient (Wildman–Crippen LogP) is 3.53. The Labute approximate surface area is 105 Å². The molecule has 0 radical (unpaired) electrons. The van der Waals surface area contributed by atoms with Crippen LogP contribution in [-0.4, -0.2) is 12.6 Å². The first-order valence-corrected chi connectivity index (χ1v) is 5.87. The van der Waals surface area contributed by atoms with Gasteiger partial charge in [0.2, 0.25) is 0 Å². The summed E-state index contributed by atoms with van der Waals surface area (Å²) in [6.07, 6.45) is 3.51. The third-order valence-electron chi connectivity index (χ3n) is 2.12. The van der Waals surface area contributed by atoms with Crippen molar-refractivity contribution in [1.82, 2.24) is 0 Å². The zero-order valence-electron chi connectivity index (χ0n) is 9.58. The summed E-state index contributed by atoms with van der Waals surface area (Å²) in [6.45, 7) is 2.12. The first-order valence-electron chi connectivity index (χ1n) is 5.34. The normalized spacial score (nSPS) is 10.8. The number of carbonyl (C=O) groups excluding carboxylic acids is 1. The summed E-state index contributed by atoms with van der Waals surface area (Å²) in [4.78, 5) is 11.0. The van der Waals surface area contributed by atoms with E-state index in [1.165, 1.54) is 6.07 Å². The average molecular weight is 257 g/mol. The molecule has 4 heteroatoms. The molecule has 0 saturated heterocycles. The second-order valence-corrected chi connectivity index (χ2v) is 3.66. The zero-order valence-corrected chi connectivity index (χ0v) is 10.3. The van der Waals surface area contributed by atoms with Crippen molar-refractivity contribution in [1.29, 1.82) is 0 Å². The molecule has 92 valence electrons. The van der Waals surface area contributed by atoms with Crippen LogP contribution in [0.2, 0.25) is 0 Å². The summed E-state index contributed by atoms with van der Waals surface area (Å²) in [6, 6.07) is 4.77. The van der Waals surface area contributed by atoms with Crippen LogP contribution in [0.25, 0.3) is 6.08 Å². The molecule has 0 aliphatic heterocycles. The lowest BCUT2D eigenvalue weighted by atomic mass is 10.1. The monoisotopic (exact) mass is 256 g/mol. The Balaban J connectivity index is 2.60. The van der Waals surface area contributed by atoms with E-state index in [1.54, 1.807) is 31.2 Å². The lowest BCUT2D eigenvalue weighted by Crippen LogP contribution is -2.01. The van der Waals surface area contributed by atoms with Gasteiger partial charge in [-0.05, 0) is 18.6 Å². The molecule has 17 heavy (non-hydrogen) atoms. The van der Waals surface area contributed by atoms with Gasteiger partial charge in [0.05, 0.1) is 18.9 Å². The van der Waals surface area contributed by atoms with E-state index < -0.39 is 0 Å². The summed E-state index contributed by atoms with van der Waals surface area (Å²) in [5, 5.41) is 0. The molecular formula is C13H14ClFO2. The molecule has 0 aromatic heterocycles. The molecule has 0 saturated carbocycles. The standard InChI is InChI=1S/C13H14ClFO2/c1-2-17-13(16)5-3-4-10-6-7-11(9-14)12(15)8-10/h3-4,6-8H,2,5,9H2,1H3. The fourth-order valence-corrected chi connectivity index (χ4v) is 1.50. The molecule has 0 bridgehead atoms. The van der Waals surface area contributed by atoms with E-state index >= 15 is 0 Å². The first-order chi connectivity index (χ1) is 8.17. The number of ether oxygens (including phenoxy) is 1. The van der Waals surface area contributed by atoms with Gasteiger partial charge in [-0.3, -0.25) is 4.79 Å². The maximum absolute atomic E-state index is 13.3. The van der Waals surface area contributed by atoms with Gasteiger partial charge in [-0.25, -0.2) is 4.39 Å². The second-order valence-electron chi connectivity index (χ2n) is 3.40. The summed E-state index contributed by atoms with van der Waals surface area (Å²) >= 11 is 5.55.